The van der Waals surface area contributed by atoms with Crippen molar-refractivity contribution in [2.75, 3.05) is 6.61 Å². The van der Waals surface area contributed by atoms with Crippen LogP contribution < -0.4 is 0 Å². The van der Waals surface area contributed by atoms with Gasteiger partial charge in [0, 0.05) is 30.6 Å². The summed E-state index contributed by atoms with van der Waals surface area (Å²) < 4.78 is 18.8. The van der Waals surface area contributed by atoms with Gasteiger partial charge in [-0.25, -0.2) is 0 Å². The summed E-state index contributed by atoms with van der Waals surface area (Å²) >= 11 is 0. The molecule has 5 nitrogen and oxygen atoms in total. The highest BCUT2D eigenvalue weighted by Gasteiger charge is 2.70. The molecule has 34 heavy (non-hydrogen) atoms. The minimum absolute atomic E-state index is 0.0340. The highest BCUT2D eigenvalue weighted by molar-refractivity contribution is 5.97. The van der Waals surface area contributed by atoms with Crippen LogP contribution in [0.2, 0.25) is 0 Å². The van der Waals surface area contributed by atoms with E-state index in [9.17, 15) is 9.59 Å². The van der Waals surface area contributed by atoms with Gasteiger partial charge in [0.1, 0.15) is 6.10 Å². The van der Waals surface area contributed by atoms with Crippen molar-refractivity contribution in [1.82, 2.24) is 0 Å². The van der Waals surface area contributed by atoms with Crippen LogP contribution in [0.3, 0.4) is 0 Å². The van der Waals surface area contributed by atoms with E-state index in [0.717, 1.165) is 58.0 Å². The molecule has 0 aromatic rings. The third-order valence-corrected chi connectivity index (χ3v) is 11.5. The molecule has 1 spiro atoms. The van der Waals surface area contributed by atoms with Gasteiger partial charge in [0.25, 0.3) is 0 Å². The maximum atomic E-state index is 14.0. The van der Waals surface area contributed by atoms with E-state index >= 15 is 0 Å². The molecule has 0 N–H and O–H groups in total. The summed E-state index contributed by atoms with van der Waals surface area (Å²) in [6, 6.07) is 0. The third-order valence-electron chi connectivity index (χ3n) is 11.5. The summed E-state index contributed by atoms with van der Waals surface area (Å²) in [4.78, 5) is 25.6. The van der Waals surface area contributed by atoms with E-state index in [-0.39, 0.29) is 40.8 Å². The second-order valence-corrected chi connectivity index (χ2v) is 13.1. The number of allylic oxidation sites excluding steroid dienone is 2. The molecular weight excluding hydrogens is 428 g/mol. The van der Waals surface area contributed by atoms with Crippen molar-refractivity contribution in [1.29, 1.82) is 0 Å². The quantitative estimate of drug-likeness (QED) is 0.476. The third kappa shape index (κ3) is 3.04. The van der Waals surface area contributed by atoms with E-state index in [2.05, 4.69) is 33.8 Å². The number of fused-ring (bicyclic) bond motifs is 7. The Kier molecular flexibility index (Phi) is 5.22. The van der Waals surface area contributed by atoms with Gasteiger partial charge in [0.15, 0.2) is 11.6 Å². The Hall–Kier alpha value is -1.20. The molecule has 11 atom stereocenters. The number of rotatable bonds is 1. The maximum absolute atomic E-state index is 14.0. The van der Waals surface area contributed by atoms with E-state index in [1.807, 2.05) is 0 Å². The second-order valence-electron chi connectivity index (χ2n) is 13.1. The van der Waals surface area contributed by atoms with Crippen LogP contribution in [-0.2, 0) is 23.8 Å². The summed E-state index contributed by atoms with van der Waals surface area (Å²) in [6.07, 6.45) is 10.4. The maximum Gasteiger partial charge on any atom is 0.302 e. The van der Waals surface area contributed by atoms with E-state index in [0.29, 0.717) is 29.5 Å². The highest BCUT2D eigenvalue weighted by Crippen LogP contribution is 2.69. The van der Waals surface area contributed by atoms with Crippen molar-refractivity contribution in [2.45, 2.75) is 104 Å². The lowest BCUT2D eigenvalue weighted by molar-refractivity contribution is -0.271. The van der Waals surface area contributed by atoms with Crippen molar-refractivity contribution in [3.63, 3.8) is 0 Å². The number of carbonyl (C=O) groups excluding carboxylic acids is 2. The summed E-state index contributed by atoms with van der Waals surface area (Å²) in [6.45, 7) is 11.5. The molecule has 2 saturated heterocycles. The smallest absolute Gasteiger partial charge is 0.302 e. The van der Waals surface area contributed by atoms with Gasteiger partial charge in [-0.3, -0.25) is 9.59 Å². The molecule has 0 aromatic heterocycles. The average molecular weight is 471 g/mol. The SMILES string of the molecule is CC(=O)O[C@H]1CC[C@]2(C)C3=CC(=O)[C@@]4(C)C(C[C@@H]5O[C@]6(CC[C@@H](C)CO6)[C@@H](C)[C@@H]54)[C@@H]3CC[C@H]2C1. The van der Waals surface area contributed by atoms with E-state index in [1.54, 1.807) is 0 Å². The Morgan fingerprint density at radius 3 is 2.59 bits per heavy atom. The number of carbonyl (C=O) groups is 2. The van der Waals surface area contributed by atoms with Crippen LogP contribution in [-0.4, -0.2) is 36.4 Å². The normalized spacial score (nSPS) is 54.0. The van der Waals surface area contributed by atoms with Gasteiger partial charge in [-0.2, -0.15) is 0 Å². The molecule has 4 aliphatic carbocycles. The first-order valence-corrected chi connectivity index (χ1v) is 13.8. The fourth-order valence-corrected chi connectivity index (χ4v) is 9.61. The van der Waals surface area contributed by atoms with Crippen LogP contribution in [0.15, 0.2) is 11.6 Å². The molecule has 2 aliphatic heterocycles. The van der Waals surface area contributed by atoms with E-state index in [4.69, 9.17) is 14.2 Å². The molecule has 0 radical (unpaired) electrons. The van der Waals surface area contributed by atoms with Crippen LogP contribution >= 0.6 is 0 Å². The first kappa shape index (κ1) is 23.2. The topological polar surface area (TPSA) is 61.8 Å². The van der Waals surface area contributed by atoms with Crippen molar-refractivity contribution < 1.29 is 23.8 Å². The largest absolute Gasteiger partial charge is 0.463 e. The fraction of sp³-hybridized carbons (Fsp3) is 0.862. The van der Waals surface area contributed by atoms with Crippen molar-refractivity contribution in [3.8, 4) is 0 Å². The number of ketones is 1. The second kappa shape index (κ2) is 7.65. The zero-order chi connectivity index (χ0) is 24.0. The number of hydrogen-bond acceptors (Lipinski definition) is 5. The average Bonchev–Trinajstić information content (AvgIpc) is 3.23. The van der Waals surface area contributed by atoms with Gasteiger partial charge in [0.05, 0.1) is 12.7 Å². The Bertz CT molecular complexity index is 915. The molecule has 1 unspecified atom stereocenters. The molecule has 6 aliphatic rings. The van der Waals surface area contributed by atoms with Gasteiger partial charge >= 0.3 is 5.97 Å². The van der Waals surface area contributed by atoms with Crippen LogP contribution in [0.4, 0.5) is 0 Å². The lowest BCUT2D eigenvalue weighted by Gasteiger charge is -2.56. The predicted octanol–water partition coefficient (Wildman–Crippen LogP) is 5.46. The lowest BCUT2D eigenvalue weighted by atomic mass is 9.48. The molecular formula is C29H42O5. The molecule has 3 saturated carbocycles. The van der Waals surface area contributed by atoms with Crippen LogP contribution in [0.25, 0.3) is 0 Å². The first-order chi connectivity index (χ1) is 16.1. The zero-order valence-corrected chi connectivity index (χ0v) is 21.6. The molecule has 0 bridgehead atoms. The number of hydrogen-bond donors (Lipinski definition) is 0. The van der Waals surface area contributed by atoms with Crippen molar-refractivity contribution >= 4 is 11.8 Å². The Labute approximate surface area is 204 Å². The van der Waals surface area contributed by atoms with Gasteiger partial charge in [-0.05, 0) is 80.1 Å². The number of ether oxygens (including phenoxy) is 3. The van der Waals surface area contributed by atoms with Crippen LogP contribution in [0.1, 0.15) is 86.0 Å². The summed E-state index contributed by atoms with van der Waals surface area (Å²) in [5.74, 6) is 2.05. The molecule has 2 heterocycles. The minimum Gasteiger partial charge on any atom is -0.463 e. The molecule has 5 fully saturated rings. The van der Waals surface area contributed by atoms with Gasteiger partial charge in [-0.15, -0.1) is 0 Å². The van der Waals surface area contributed by atoms with Crippen molar-refractivity contribution in [3.05, 3.63) is 11.6 Å². The summed E-state index contributed by atoms with van der Waals surface area (Å²) in [5.41, 5.74) is 1.10. The molecule has 188 valence electrons. The molecule has 0 amide bonds. The van der Waals surface area contributed by atoms with Gasteiger partial charge in [0.2, 0.25) is 0 Å². The highest BCUT2D eigenvalue weighted by atomic mass is 16.7. The standard InChI is InChI=1S/C29H42O5/c1-16-8-11-29(32-15-16)17(2)26-24(34-29)13-23-21-7-6-19-12-20(33-18(3)30)9-10-27(19,4)22(21)14-25(31)28(23,26)5/h14,16-17,19-21,23-24,26H,6-13,15H2,1-5H3/t16-,17+,19+,20+,21-,23?,24+,26+,27+,28-,29-/m1/s1. The zero-order valence-electron chi connectivity index (χ0n) is 21.6. The monoisotopic (exact) mass is 470 g/mol. The van der Waals surface area contributed by atoms with E-state index in [1.165, 1.54) is 12.5 Å². The van der Waals surface area contributed by atoms with E-state index < -0.39 is 5.79 Å². The first-order valence-electron chi connectivity index (χ1n) is 13.8. The number of esters is 1. The summed E-state index contributed by atoms with van der Waals surface area (Å²) in [7, 11) is 0. The summed E-state index contributed by atoms with van der Waals surface area (Å²) in [5, 5.41) is 0. The molecule has 6 rings (SSSR count). The van der Waals surface area contributed by atoms with Crippen molar-refractivity contribution in [2.24, 2.45) is 46.3 Å². The van der Waals surface area contributed by atoms with Crippen LogP contribution in [0.5, 0.6) is 0 Å². The Morgan fingerprint density at radius 2 is 1.88 bits per heavy atom. The minimum atomic E-state index is -0.487. The van der Waals surface area contributed by atoms with Crippen LogP contribution in [0, 0.1) is 46.3 Å². The Morgan fingerprint density at radius 1 is 1.09 bits per heavy atom. The predicted molar refractivity (Wildman–Crippen MR) is 128 cm³/mol. The van der Waals surface area contributed by atoms with Gasteiger partial charge in [-0.1, -0.05) is 33.3 Å². The lowest BCUT2D eigenvalue weighted by Crippen LogP contribution is -2.53. The Balaban J connectivity index is 1.29. The molecule has 5 heteroatoms. The van der Waals surface area contributed by atoms with Gasteiger partial charge < -0.3 is 14.2 Å². The molecule has 0 aromatic carbocycles. The fourth-order valence-electron chi connectivity index (χ4n) is 9.61.